The summed E-state index contributed by atoms with van der Waals surface area (Å²) in [5.74, 6) is -1.17. The van der Waals surface area contributed by atoms with Crippen molar-refractivity contribution in [3.05, 3.63) is 34.2 Å². The molecule has 2 N–H and O–H groups in total. The third-order valence-corrected chi connectivity index (χ3v) is 7.24. The number of carbonyl (C=O) groups excluding carboxylic acids is 3. The van der Waals surface area contributed by atoms with Crippen LogP contribution < -0.4 is 11.0 Å². The maximum atomic E-state index is 13.0. The molecular weight excluding hydrogens is 488 g/mol. The standard InChI is InChI=1S/C25H32N4O6.ClH/c1-27-20-15-17(7-8-18(20)29(25(27)35)19-9-10-21(30)26-24(19)34)16-11-13-28(14-12-16)22(31)5-3-2-4-6-23(32)33;/h7-8,15-16,19H,2-6,9-14H2,1H3,(H,32,33)(H,26,30,34);1H. The molecule has 11 heteroatoms. The van der Waals surface area contributed by atoms with Gasteiger partial charge in [0.15, 0.2) is 0 Å². The second-order valence-electron chi connectivity index (χ2n) is 9.54. The summed E-state index contributed by atoms with van der Waals surface area (Å²) in [6, 6.07) is 5.18. The minimum Gasteiger partial charge on any atom is -0.481 e. The number of imidazole rings is 1. The molecule has 3 amide bonds. The number of rotatable bonds is 8. The van der Waals surface area contributed by atoms with Gasteiger partial charge >= 0.3 is 11.7 Å². The average Bonchev–Trinajstić information content (AvgIpc) is 3.08. The van der Waals surface area contributed by atoms with Gasteiger partial charge in [0.25, 0.3) is 0 Å². The Morgan fingerprint density at radius 1 is 1.00 bits per heavy atom. The third-order valence-electron chi connectivity index (χ3n) is 7.24. The van der Waals surface area contributed by atoms with Gasteiger partial charge in [-0.1, -0.05) is 12.5 Å². The van der Waals surface area contributed by atoms with Crippen LogP contribution in [-0.2, 0) is 26.2 Å². The van der Waals surface area contributed by atoms with Crippen LogP contribution in [0.5, 0.6) is 0 Å². The number of carbonyl (C=O) groups is 4. The second-order valence-corrected chi connectivity index (χ2v) is 9.54. The van der Waals surface area contributed by atoms with Crippen molar-refractivity contribution in [1.82, 2.24) is 19.4 Å². The topological polar surface area (TPSA) is 131 Å². The van der Waals surface area contributed by atoms with Gasteiger partial charge in [-0.05, 0) is 55.7 Å². The number of benzene rings is 1. The number of unbranched alkanes of at least 4 members (excludes halogenated alkanes) is 2. The molecule has 0 bridgehead atoms. The summed E-state index contributed by atoms with van der Waals surface area (Å²) in [4.78, 5) is 61.8. The Bertz CT molecular complexity index is 1210. The second kappa shape index (κ2) is 11.7. The van der Waals surface area contributed by atoms with Gasteiger partial charge in [-0.2, -0.15) is 0 Å². The molecule has 4 rings (SSSR count). The molecule has 0 spiro atoms. The average molecular weight is 521 g/mol. The molecular formula is C25H33ClN4O6. The fourth-order valence-corrected chi connectivity index (χ4v) is 5.21. The molecule has 196 valence electrons. The highest BCUT2D eigenvalue weighted by Gasteiger charge is 2.31. The lowest BCUT2D eigenvalue weighted by Crippen LogP contribution is -2.44. The van der Waals surface area contributed by atoms with Crippen LogP contribution in [0.1, 0.15) is 75.3 Å². The largest absolute Gasteiger partial charge is 0.481 e. The number of fused-ring (bicyclic) bond motifs is 1. The van der Waals surface area contributed by atoms with Gasteiger partial charge in [0.1, 0.15) is 6.04 Å². The number of hydrogen-bond donors (Lipinski definition) is 2. The maximum absolute atomic E-state index is 13.0. The fourth-order valence-electron chi connectivity index (χ4n) is 5.21. The number of nitrogens with one attached hydrogen (secondary N) is 1. The minimum atomic E-state index is -0.802. The number of nitrogens with zero attached hydrogens (tertiary/aromatic N) is 3. The Balaban J connectivity index is 0.00000361. The van der Waals surface area contributed by atoms with E-state index < -0.39 is 17.9 Å². The van der Waals surface area contributed by atoms with Crippen molar-refractivity contribution in [2.24, 2.45) is 7.05 Å². The molecule has 2 aliphatic rings. The molecule has 1 unspecified atom stereocenters. The fraction of sp³-hybridized carbons (Fsp3) is 0.560. The molecule has 1 atom stereocenters. The highest BCUT2D eigenvalue weighted by molar-refractivity contribution is 6.00. The first-order valence-electron chi connectivity index (χ1n) is 12.3. The van der Waals surface area contributed by atoms with Gasteiger partial charge in [-0.25, -0.2) is 4.79 Å². The van der Waals surface area contributed by atoms with E-state index in [-0.39, 0.29) is 48.7 Å². The zero-order valence-electron chi connectivity index (χ0n) is 20.4. The highest BCUT2D eigenvalue weighted by Crippen LogP contribution is 2.31. The number of amides is 3. The summed E-state index contributed by atoms with van der Waals surface area (Å²) in [7, 11) is 1.69. The van der Waals surface area contributed by atoms with Crippen molar-refractivity contribution in [1.29, 1.82) is 0 Å². The van der Waals surface area contributed by atoms with Gasteiger partial charge < -0.3 is 10.0 Å². The van der Waals surface area contributed by atoms with Gasteiger partial charge in [0, 0.05) is 39.4 Å². The van der Waals surface area contributed by atoms with Gasteiger partial charge in [0.2, 0.25) is 17.7 Å². The molecule has 0 aliphatic carbocycles. The number of halogens is 1. The smallest absolute Gasteiger partial charge is 0.329 e. The lowest BCUT2D eigenvalue weighted by molar-refractivity contribution is -0.137. The van der Waals surface area contributed by atoms with Crippen LogP contribution in [0, 0.1) is 0 Å². The molecule has 0 saturated carbocycles. The number of imide groups is 1. The normalized spacial score (nSPS) is 18.7. The summed E-state index contributed by atoms with van der Waals surface area (Å²) in [5.41, 5.74) is 2.24. The molecule has 10 nitrogen and oxygen atoms in total. The Hall–Kier alpha value is -3.14. The summed E-state index contributed by atoms with van der Waals surface area (Å²) in [6.45, 7) is 1.35. The van der Waals surface area contributed by atoms with E-state index in [4.69, 9.17) is 5.11 Å². The molecule has 1 aromatic heterocycles. The van der Waals surface area contributed by atoms with Crippen molar-refractivity contribution in [3.8, 4) is 0 Å². The van der Waals surface area contributed by atoms with E-state index in [0.717, 1.165) is 30.3 Å². The molecule has 2 saturated heterocycles. The van der Waals surface area contributed by atoms with Crippen LogP contribution in [0.25, 0.3) is 11.0 Å². The predicted molar refractivity (Wildman–Crippen MR) is 135 cm³/mol. The Labute approximate surface area is 215 Å². The zero-order chi connectivity index (χ0) is 25.1. The van der Waals surface area contributed by atoms with Crippen molar-refractivity contribution < 1.29 is 24.3 Å². The Morgan fingerprint density at radius 3 is 2.36 bits per heavy atom. The van der Waals surface area contributed by atoms with E-state index in [9.17, 15) is 24.0 Å². The van der Waals surface area contributed by atoms with Gasteiger partial charge in [-0.15, -0.1) is 12.4 Å². The van der Waals surface area contributed by atoms with E-state index in [1.54, 1.807) is 11.6 Å². The lowest BCUT2D eigenvalue weighted by atomic mass is 9.89. The van der Waals surface area contributed by atoms with E-state index in [0.29, 0.717) is 44.3 Å². The van der Waals surface area contributed by atoms with Gasteiger partial charge in [-0.3, -0.25) is 33.6 Å². The summed E-state index contributed by atoms with van der Waals surface area (Å²) >= 11 is 0. The van der Waals surface area contributed by atoms with Crippen LogP contribution in [0.4, 0.5) is 0 Å². The first-order chi connectivity index (χ1) is 16.8. The summed E-state index contributed by atoms with van der Waals surface area (Å²) in [6.07, 6.45) is 4.82. The molecule has 3 heterocycles. The Morgan fingerprint density at radius 2 is 1.69 bits per heavy atom. The van der Waals surface area contributed by atoms with Crippen LogP contribution in [0.15, 0.2) is 23.0 Å². The van der Waals surface area contributed by atoms with Crippen molar-refractivity contribution in [2.45, 2.75) is 69.7 Å². The number of likely N-dealkylation sites (tertiary alicyclic amines) is 1. The monoisotopic (exact) mass is 520 g/mol. The number of carboxylic acids is 1. The third kappa shape index (κ3) is 5.80. The SMILES string of the molecule is Cl.Cn1c(=O)n(C2CCC(=O)NC2=O)c2ccc(C3CCN(C(=O)CCCCCC(=O)O)CC3)cc21. The van der Waals surface area contributed by atoms with E-state index in [1.807, 2.05) is 23.1 Å². The van der Waals surface area contributed by atoms with E-state index >= 15 is 0 Å². The minimum absolute atomic E-state index is 0. The Kier molecular flexibility index (Phi) is 8.94. The van der Waals surface area contributed by atoms with Crippen molar-refractivity contribution in [2.75, 3.05) is 13.1 Å². The lowest BCUT2D eigenvalue weighted by Gasteiger charge is -2.32. The molecule has 36 heavy (non-hydrogen) atoms. The number of aromatic nitrogens is 2. The van der Waals surface area contributed by atoms with Crippen LogP contribution >= 0.6 is 12.4 Å². The zero-order valence-corrected chi connectivity index (χ0v) is 21.2. The predicted octanol–water partition coefficient (Wildman–Crippen LogP) is 2.48. The molecule has 2 aromatic rings. The number of aryl methyl sites for hydroxylation is 1. The van der Waals surface area contributed by atoms with E-state index in [2.05, 4.69) is 5.32 Å². The van der Waals surface area contributed by atoms with Crippen LogP contribution in [0.2, 0.25) is 0 Å². The summed E-state index contributed by atoms with van der Waals surface area (Å²) < 4.78 is 3.03. The number of hydrogen-bond acceptors (Lipinski definition) is 5. The number of aliphatic carboxylic acids is 1. The highest BCUT2D eigenvalue weighted by atomic mass is 35.5. The first-order valence-corrected chi connectivity index (χ1v) is 12.3. The van der Waals surface area contributed by atoms with Crippen LogP contribution in [-0.4, -0.2) is 55.9 Å². The van der Waals surface area contributed by atoms with Crippen molar-refractivity contribution >= 4 is 47.1 Å². The van der Waals surface area contributed by atoms with Crippen LogP contribution in [0.3, 0.4) is 0 Å². The van der Waals surface area contributed by atoms with E-state index in [1.165, 1.54) is 4.57 Å². The maximum Gasteiger partial charge on any atom is 0.329 e. The summed E-state index contributed by atoms with van der Waals surface area (Å²) in [5, 5.41) is 11.0. The quantitative estimate of drug-likeness (QED) is 0.406. The molecule has 1 aromatic carbocycles. The van der Waals surface area contributed by atoms with Crippen molar-refractivity contribution in [3.63, 3.8) is 0 Å². The first kappa shape index (κ1) is 27.4. The number of carboxylic acid groups (broad SMARTS) is 1. The molecule has 0 radical (unpaired) electrons. The number of piperidine rings is 2. The molecule has 2 fully saturated rings. The van der Waals surface area contributed by atoms with Gasteiger partial charge in [0.05, 0.1) is 11.0 Å². The molecule has 2 aliphatic heterocycles.